The number of amides is 2. The third-order valence-corrected chi connectivity index (χ3v) is 9.32. The predicted octanol–water partition coefficient (Wildman–Crippen LogP) is 2.52. The molecule has 0 bridgehead atoms. The topological polar surface area (TPSA) is 159 Å². The first-order chi connectivity index (χ1) is 17.2. The van der Waals surface area contributed by atoms with Crippen molar-refractivity contribution in [3.8, 4) is 17.0 Å². The second-order valence-corrected chi connectivity index (χ2v) is 11.8. The number of carbonyl (C=O) groups is 2. The van der Waals surface area contributed by atoms with Gasteiger partial charge in [0.05, 0.1) is 26.3 Å². The van der Waals surface area contributed by atoms with Crippen molar-refractivity contribution in [2.75, 3.05) is 13.7 Å². The fourth-order valence-electron chi connectivity index (χ4n) is 4.37. The van der Waals surface area contributed by atoms with E-state index in [1.54, 1.807) is 25.4 Å². The largest absolute Gasteiger partial charge is 0.481 e. The van der Waals surface area contributed by atoms with Crippen molar-refractivity contribution in [2.45, 2.75) is 42.4 Å². The molecule has 36 heavy (non-hydrogen) atoms. The van der Waals surface area contributed by atoms with E-state index in [2.05, 4.69) is 24.6 Å². The number of carbonyl (C=O) groups excluding carboxylic acids is 2. The van der Waals surface area contributed by atoms with Crippen molar-refractivity contribution >= 4 is 33.3 Å². The fraction of sp³-hybridized carbons (Fsp3) is 0.348. The number of methoxy groups -OCH3 is 1. The summed E-state index contributed by atoms with van der Waals surface area (Å²) in [6.07, 6.45) is 6.62. The second kappa shape index (κ2) is 9.22. The molecule has 4 heterocycles. The molecule has 188 valence electrons. The van der Waals surface area contributed by atoms with E-state index >= 15 is 0 Å². The van der Waals surface area contributed by atoms with Crippen molar-refractivity contribution in [1.82, 2.24) is 20.3 Å². The number of aryl methyl sites for hydroxylation is 1. The van der Waals surface area contributed by atoms with Gasteiger partial charge in [0.1, 0.15) is 9.22 Å². The van der Waals surface area contributed by atoms with Crippen LogP contribution in [-0.2, 0) is 44.3 Å². The van der Waals surface area contributed by atoms with Gasteiger partial charge in [-0.1, -0.05) is 0 Å². The maximum atomic E-state index is 13.3. The summed E-state index contributed by atoms with van der Waals surface area (Å²) in [5.74, 6) is -0.169. The normalized spacial score (nSPS) is 20.2. The fourth-order valence-corrected chi connectivity index (χ4v) is 6.59. The van der Waals surface area contributed by atoms with Crippen molar-refractivity contribution in [1.29, 1.82) is 0 Å². The van der Waals surface area contributed by atoms with Crippen LogP contribution in [0.1, 0.15) is 35.2 Å². The minimum atomic E-state index is -3.56. The van der Waals surface area contributed by atoms with Crippen molar-refractivity contribution in [3.05, 3.63) is 52.6 Å². The zero-order chi connectivity index (χ0) is 25.5. The predicted molar refractivity (Wildman–Crippen MR) is 132 cm³/mol. The lowest BCUT2D eigenvalue weighted by atomic mass is 9.94. The molecule has 3 aromatic rings. The Kier molecular flexibility index (Phi) is 6.22. The number of nitrogens with zero attached hydrogens (tertiary/aromatic N) is 4. The first kappa shape index (κ1) is 24.3. The van der Waals surface area contributed by atoms with Crippen LogP contribution in [0.15, 0.2) is 39.3 Å². The molecule has 1 aliphatic carbocycles. The molecule has 0 aromatic carbocycles. The number of pyridine rings is 2. The molecule has 1 aliphatic heterocycles. The molecule has 1 saturated heterocycles. The average Bonchev–Trinajstić information content (AvgIpc) is 3.59. The van der Waals surface area contributed by atoms with Crippen LogP contribution < -0.4 is 15.2 Å². The second-order valence-electron chi connectivity index (χ2n) is 8.70. The molecule has 13 heteroatoms. The smallest absolute Gasteiger partial charge is 0.408 e. The van der Waals surface area contributed by atoms with E-state index in [1.807, 2.05) is 6.07 Å². The van der Waals surface area contributed by atoms with Gasteiger partial charge in [-0.15, -0.1) is 15.7 Å². The van der Waals surface area contributed by atoms with Gasteiger partial charge >= 0.3 is 6.09 Å². The van der Waals surface area contributed by atoms with Crippen molar-refractivity contribution in [2.24, 2.45) is 9.50 Å². The molecule has 0 spiro atoms. The molecule has 2 aliphatic rings. The van der Waals surface area contributed by atoms with Crippen LogP contribution in [0.4, 0.5) is 4.79 Å². The van der Waals surface area contributed by atoms with Crippen molar-refractivity contribution in [3.63, 3.8) is 0 Å². The van der Waals surface area contributed by atoms with Crippen LogP contribution in [0.3, 0.4) is 0 Å². The lowest BCUT2D eigenvalue weighted by molar-refractivity contribution is -0.117. The SMILES string of the molecule is COc1cc(-c2cnc3c(c2CC(=O)N=S(N)(=O)c2cnc(C4(C)CNC(=O)O4)s2)CCC3)ccn1. The molecule has 5 rings (SSSR count). The summed E-state index contributed by atoms with van der Waals surface area (Å²) in [6.45, 7) is 1.91. The Morgan fingerprint density at radius 1 is 1.33 bits per heavy atom. The van der Waals surface area contributed by atoms with Gasteiger partial charge in [0.25, 0.3) is 5.91 Å². The molecule has 2 unspecified atom stereocenters. The zero-order valence-corrected chi connectivity index (χ0v) is 21.3. The number of cyclic esters (lactones) is 1. The average molecular weight is 529 g/mol. The zero-order valence-electron chi connectivity index (χ0n) is 19.6. The lowest BCUT2D eigenvalue weighted by Gasteiger charge is -2.17. The van der Waals surface area contributed by atoms with E-state index in [1.165, 1.54) is 13.3 Å². The maximum absolute atomic E-state index is 13.3. The molecule has 0 saturated carbocycles. The number of thiazole rings is 1. The van der Waals surface area contributed by atoms with Gasteiger partial charge in [-0.05, 0) is 48.9 Å². The summed E-state index contributed by atoms with van der Waals surface area (Å²) >= 11 is 1.00. The summed E-state index contributed by atoms with van der Waals surface area (Å²) in [5.41, 5.74) is 3.33. The molecule has 0 radical (unpaired) electrons. The van der Waals surface area contributed by atoms with Gasteiger partial charge in [0.15, 0.2) is 15.5 Å². The quantitative estimate of drug-likeness (QED) is 0.494. The number of hydrogen-bond donors (Lipinski definition) is 2. The van der Waals surface area contributed by atoms with Gasteiger partial charge in [-0.25, -0.2) is 24.1 Å². The number of rotatable bonds is 6. The molecule has 3 aromatic heterocycles. The number of ether oxygens (including phenoxy) is 2. The Bertz CT molecular complexity index is 1500. The Morgan fingerprint density at radius 3 is 2.92 bits per heavy atom. The van der Waals surface area contributed by atoms with Crippen LogP contribution in [0.2, 0.25) is 0 Å². The van der Waals surface area contributed by atoms with Gasteiger partial charge in [-0.3, -0.25) is 9.78 Å². The summed E-state index contributed by atoms with van der Waals surface area (Å²) in [5, 5.41) is 9.01. The highest BCUT2D eigenvalue weighted by molar-refractivity contribution is 7.93. The highest BCUT2D eigenvalue weighted by atomic mass is 32.2. The van der Waals surface area contributed by atoms with E-state index < -0.39 is 27.5 Å². The van der Waals surface area contributed by atoms with Crippen molar-refractivity contribution < 1.29 is 23.3 Å². The van der Waals surface area contributed by atoms with Crippen LogP contribution in [0.25, 0.3) is 11.1 Å². The number of nitrogens with two attached hydrogens (primary N) is 1. The highest BCUT2D eigenvalue weighted by Crippen LogP contribution is 2.35. The van der Waals surface area contributed by atoms with Crippen LogP contribution in [0, 0.1) is 0 Å². The van der Waals surface area contributed by atoms with E-state index in [-0.39, 0.29) is 17.2 Å². The van der Waals surface area contributed by atoms with Gasteiger partial charge in [0, 0.05) is 29.7 Å². The summed E-state index contributed by atoms with van der Waals surface area (Å²) in [4.78, 5) is 37.6. The highest BCUT2D eigenvalue weighted by Gasteiger charge is 2.40. The third kappa shape index (κ3) is 4.56. The van der Waals surface area contributed by atoms with Crippen LogP contribution in [-0.4, -0.2) is 44.8 Å². The molecule has 3 N–H and O–H groups in total. The lowest BCUT2D eigenvalue weighted by Crippen LogP contribution is -2.25. The maximum Gasteiger partial charge on any atom is 0.408 e. The Labute approximate surface area is 211 Å². The summed E-state index contributed by atoms with van der Waals surface area (Å²) < 4.78 is 27.8. The number of fused-ring (bicyclic) bond motifs is 1. The van der Waals surface area contributed by atoms with E-state index in [0.717, 1.165) is 58.5 Å². The Balaban J connectivity index is 1.47. The Hall–Kier alpha value is -3.42. The number of hydrogen-bond acceptors (Lipinski definition) is 9. The monoisotopic (exact) mass is 528 g/mol. The van der Waals surface area contributed by atoms with E-state index in [9.17, 15) is 13.8 Å². The first-order valence-corrected chi connectivity index (χ1v) is 13.6. The minimum Gasteiger partial charge on any atom is -0.481 e. The first-order valence-electron chi connectivity index (χ1n) is 11.2. The van der Waals surface area contributed by atoms with Crippen LogP contribution >= 0.6 is 11.3 Å². The molecule has 2 atom stereocenters. The molecule has 1 fully saturated rings. The molecular weight excluding hydrogens is 504 g/mol. The van der Waals surface area contributed by atoms with Gasteiger partial charge in [-0.2, -0.15) is 0 Å². The van der Waals surface area contributed by atoms with Gasteiger partial charge < -0.3 is 14.8 Å². The summed E-state index contributed by atoms with van der Waals surface area (Å²) in [6, 6.07) is 3.60. The minimum absolute atomic E-state index is 0.0794. The number of aromatic nitrogens is 3. The standard InChI is InChI=1S/C23H24N6O5S2/c1-23(12-28-22(31)34-23)21-27-11-20(35-21)36(24,32)29-18(30)9-15-14-4-3-5-17(14)26-10-16(15)13-6-7-25-19(8-13)33-2/h6-8,10-11H,3-5,9,12H2,1-2H3,(H,28,31)(H2,24,29,30,32). The Morgan fingerprint density at radius 2 is 2.17 bits per heavy atom. The third-order valence-electron chi connectivity index (χ3n) is 6.16. The number of alkyl carbamates (subject to hydrolysis) is 1. The van der Waals surface area contributed by atoms with E-state index in [0.29, 0.717) is 10.9 Å². The number of nitrogens with one attached hydrogen (secondary N) is 1. The molecule has 11 nitrogen and oxygen atoms in total. The van der Waals surface area contributed by atoms with Crippen LogP contribution in [0.5, 0.6) is 5.88 Å². The summed E-state index contributed by atoms with van der Waals surface area (Å²) in [7, 11) is -2.02. The van der Waals surface area contributed by atoms with E-state index in [4.69, 9.17) is 14.6 Å². The molecule has 2 amide bonds. The molecular formula is C23H24N6O5S2. The van der Waals surface area contributed by atoms with Gasteiger partial charge in [0.2, 0.25) is 5.88 Å².